The van der Waals surface area contributed by atoms with Gasteiger partial charge in [-0.2, -0.15) is 0 Å². The topological polar surface area (TPSA) is 72.0 Å². The molecule has 27 heavy (non-hydrogen) atoms. The van der Waals surface area contributed by atoms with Gasteiger partial charge in [-0.1, -0.05) is 60.2 Å². The van der Waals surface area contributed by atoms with E-state index in [1.54, 1.807) is 18.5 Å². The summed E-state index contributed by atoms with van der Waals surface area (Å²) in [7, 11) is -3.48. The number of rotatable bonds is 7. The highest BCUT2D eigenvalue weighted by atomic mass is 32.2. The highest BCUT2D eigenvalue weighted by Gasteiger charge is 2.06. The minimum Gasteiger partial charge on any atom is -0.236 e. The lowest BCUT2D eigenvalue weighted by Crippen LogP contribution is -2.23. The van der Waals surface area contributed by atoms with Gasteiger partial charge in [0, 0.05) is 29.9 Å². The summed E-state index contributed by atoms with van der Waals surface area (Å²) in [4.78, 5) is 8.69. The molecule has 0 unspecified atom stereocenters. The molecule has 0 aliphatic carbocycles. The minimum atomic E-state index is -3.48. The van der Waals surface area contributed by atoms with Crippen molar-refractivity contribution < 1.29 is 8.42 Å². The molecule has 2 aromatic carbocycles. The first-order chi connectivity index (χ1) is 13.0. The Hall–Kier alpha value is -2.83. The minimum absolute atomic E-state index is 0.286. The van der Waals surface area contributed by atoms with Gasteiger partial charge in [-0.05, 0) is 30.5 Å². The molecular formula is C21H21N3O2S. The summed E-state index contributed by atoms with van der Waals surface area (Å²) in [5, 5.41) is 1.19. The van der Waals surface area contributed by atoms with Crippen molar-refractivity contribution in [2.75, 3.05) is 6.54 Å². The van der Waals surface area contributed by atoms with E-state index in [0.717, 1.165) is 22.3 Å². The number of hydrogen-bond donors (Lipinski definition) is 1. The number of nitrogens with one attached hydrogen (secondary N) is 1. The molecule has 0 bridgehead atoms. The first-order valence-corrected chi connectivity index (χ1v) is 10.2. The SMILES string of the molecule is Cc1ccc(/C=C/S(=O)(=O)NCCc2cnc(-c3ccccc3)nc2)cc1. The summed E-state index contributed by atoms with van der Waals surface area (Å²) < 4.78 is 26.7. The zero-order valence-electron chi connectivity index (χ0n) is 15.0. The normalized spacial score (nSPS) is 11.7. The van der Waals surface area contributed by atoms with Crippen LogP contribution in [-0.2, 0) is 16.4 Å². The van der Waals surface area contributed by atoms with Crippen LogP contribution in [0.15, 0.2) is 72.4 Å². The van der Waals surface area contributed by atoms with Crippen molar-refractivity contribution in [1.29, 1.82) is 0 Å². The molecule has 0 aliphatic rings. The van der Waals surface area contributed by atoms with Gasteiger partial charge >= 0.3 is 0 Å². The number of aromatic nitrogens is 2. The first kappa shape index (κ1) is 18.9. The van der Waals surface area contributed by atoms with E-state index < -0.39 is 10.0 Å². The third-order valence-corrected chi connectivity index (χ3v) is 5.07. The van der Waals surface area contributed by atoms with Crippen molar-refractivity contribution in [3.63, 3.8) is 0 Å². The molecule has 0 amide bonds. The van der Waals surface area contributed by atoms with Gasteiger partial charge in [-0.3, -0.25) is 0 Å². The molecule has 3 aromatic rings. The molecule has 0 saturated carbocycles. The number of aryl methyl sites for hydroxylation is 1. The van der Waals surface area contributed by atoms with Crippen molar-refractivity contribution in [1.82, 2.24) is 14.7 Å². The fourth-order valence-corrected chi connectivity index (χ4v) is 3.27. The number of sulfonamides is 1. The van der Waals surface area contributed by atoms with E-state index in [0.29, 0.717) is 12.2 Å². The maximum atomic E-state index is 12.1. The quantitative estimate of drug-likeness (QED) is 0.681. The van der Waals surface area contributed by atoms with Crippen LogP contribution in [0.5, 0.6) is 0 Å². The second-order valence-electron chi connectivity index (χ2n) is 6.18. The van der Waals surface area contributed by atoms with Gasteiger partial charge in [0.05, 0.1) is 0 Å². The molecule has 0 aliphatic heterocycles. The van der Waals surface area contributed by atoms with Gasteiger partial charge in [-0.25, -0.2) is 23.1 Å². The summed E-state index contributed by atoms with van der Waals surface area (Å²) in [6.07, 6.45) is 5.56. The van der Waals surface area contributed by atoms with Crippen LogP contribution in [0.4, 0.5) is 0 Å². The Morgan fingerprint density at radius 2 is 1.63 bits per heavy atom. The Kier molecular flexibility index (Phi) is 6.11. The van der Waals surface area contributed by atoms with Crippen LogP contribution < -0.4 is 4.72 Å². The molecule has 1 heterocycles. The van der Waals surface area contributed by atoms with Crippen LogP contribution >= 0.6 is 0 Å². The Bertz CT molecular complexity index is 998. The van der Waals surface area contributed by atoms with E-state index in [2.05, 4.69) is 14.7 Å². The summed E-state index contributed by atoms with van der Waals surface area (Å²) in [5.41, 5.74) is 3.80. The zero-order valence-corrected chi connectivity index (χ0v) is 15.9. The molecule has 6 heteroatoms. The van der Waals surface area contributed by atoms with Gasteiger partial charge in [0.15, 0.2) is 5.82 Å². The second-order valence-corrected chi connectivity index (χ2v) is 7.83. The van der Waals surface area contributed by atoms with Crippen molar-refractivity contribution in [2.24, 2.45) is 0 Å². The van der Waals surface area contributed by atoms with Crippen molar-refractivity contribution in [3.05, 3.63) is 89.1 Å². The maximum Gasteiger partial charge on any atom is 0.233 e. The van der Waals surface area contributed by atoms with E-state index in [-0.39, 0.29) is 6.54 Å². The number of hydrogen-bond acceptors (Lipinski definition) is 4. The van der Waals surface area contributed by atoms with E-state index in [1.165, 1.54) is 5.41 Å². The van der Waals surface area contributed by atoms with Crippen molar-refractivity contribution in [2.45, 2.75) is 13.3 Å². The van der Waals surface area contributed by atoms with Crippen LogP contribution in [0.1, 0.15) is 16.7 Å². The maximum absolute atomic E-state index is 12.1. The van der Waals surface area contributed by atoms with Gasteiger partial charge in [0.25, 0.3) is 0 Å². The summed E-state index contributed by atoms with van der Waals surface area (Å²) in [6.45, 7) is 2.27. The lowest BCUT2D eigenvalue weighted by molar-refractivity contribution is 0.591. The standard InChI is InChI=1S/C21H21N3O2S/c1-17-7-9-18(10-8-17)12-14-27(25,26)24-13-11-19-15-22-21(23-16-19)20-5-3-2-4-6-20/h2-10,12,14-16,24H,11,13H2,1H3/b14-12+. The average Bonchev–Trinajstić information content (AvgIpc) is 2.69. The molecule has 0 atom stereocenters. The third kappa shape index (κ3) is 5.84. The summed E-state index contributed by atoms with van der Waals surface area (Å²) in [5.74, 6) is 0.654. The third-order valence-electron chi connectivity index (χ3n) is 3.97. The van der Waals surface area contributed by atoms with Gasteiger partial charge in [0.2, 0.25) is 10.0 Å². The zero-order chi connectivity index (χ0) is 19.1. The van der Waals surface area contributed by atoms with Crippen LogP contribution in [0.3, 0.4) is 0 Å². The van der Waals surface area contributed by atoms with E-state index >= 15 is 0 Å². The number of benzene rings is 2. The van der Waals surface area contributed by atoms with Crippen LogP contribution in [0, 0.1) is 6.92 Å². The molecule has 1 aromatic heterocycles. The summed E-state index contributed by atoms with van der Waals surface area (Å²) >= 11 is 0. The fourth-order valence-electron chi connectivity index (χ4n) is 2.45. The van der Waals surface area contributed by atoms with Crippen LogP contribution in [0.2, 0.25) is 0 Å². The first-order valence-electron chi connectivity index (χ1n) is 8.63. The Labute approximate surface area is 159 Å². The van der Waals surface area contributed by atoms with Crippen LogP contribution in [-0.4, -0.2) is 24.9 Å². The smallest absolute Gasteiger partial charge is 0.233 e. The molecule has 1 N–H and O–H groups in total. The van der Waals surface area contributed by atoms with Crippen molar-refractivity contribution in [3.8, 4) is 11.4 Å². The Morgan fingerprint density at radius 3 is 2.30 bits per heavy atom. The summed E-state index contributed by atoms with van der Waals surface area (Å²) in [6, 6.07) is 17.4. The van der Waals surface area contributed by atoms with Gasteiger partial charge in [-0.15, -0.1) is 0 Å². The van der Waals surface area contributed by atoms with Crippen molar-refractivity contribution >= 4 is 16.1 Å². The molecule has 0 spiro atoms. The second kappa shape index (κ2) is 8.70. The molecule has 0 fully saturated rings. The predicted molar refractivity (Wildman–Crippen MR) is 108 cm³/mol. The number of nitrogens with zero attached hydrogens (tertiary/aromatic N) is 2. The molecule has 5 nitrogen and oxygen atoms in total. The highest BCUT2D eigenvalue weighted by molar-refractivity contribution is 7.92. The Balaban J connectivity index is 1.53. The molecule has 0 radical (unpaired) electrons. The van der Waals surface area contributed by atoms with E-state index in [4.69, 9.17) is 0 Å². The van der Waals surface area contributed by atoms with Crippen LogP contribution in [0.25, 0.3) is 17.5 Å². The van der Waals surface area contributed by atoms with E-state index in [9.17, 15) is 8.42 Å². The molecule has 0 saturated heterocycles. The van der Waals surface area contributed by atoms with Gasteiger partial charge in [0.1, 0.15) is 0 Å². The highest BCUT2D eigenvalue weighted by Crippen LogP contribution is 2.13. The largest absolute Gasteiger partial charge is 0.236 e. The van der Waals surface area contributed by atoms with E-state index in [1.807, 2.05) is 61.5 Å². The molecule has 3 rings (SSSR count). The average molecular weight is 379 g/mol. The molecule has 138 valence electrons. The van der Waals surface area contributed by atoms with Gasteiger partial charge < -0.3 is 0 Å². The molecular weight excluding hydrogens is 358 g/mol. The lowest BCUT2D eigenvalue weighted by atomic mass is 10.2. The Morgan fingerprint density at radius 1 is 0.963 bits per heavy atom. The fraction of sp³-hybridized carbons (Fsp3) is 0.143. The predicted octanol–water partition coefficient (Wildman–Crippen LogP) is 3.58. The lowest BCUT2D eigenvalue weighted by Gasteiger charge is -2.04. The monoisotopic (exact) mass is 379 g/mol.